The van der Waals surface area contributed by atoms with Crippen molar-refractivity contribution in [2.24, 2.45) is 11.8 Å². The number of rotatable bonds is 11. The molecule has 0 amide bonds. The SMILES string of the molecule is O=C(O)C=CCCCC[C@H]1CCC[C@@H]1CCCCCI. The average molecular weight is 392 g/mol. The summed E-state index contributed by atoms with van der Waals surface area (Å²) in [6, 6.07) is 0. The Balaban J connectivity index is 2.07. The molecule has 0 aromatic carbocycles. The number of hydrogen-bond donors (Lipinski definition) is 1. The number of unbranched alkanes of at least 4 members (excludes halogenated alkanes) is 4. The van der Waals surface area contributed by atoms with Crippen molar-refractivity contribution >= 4 is 28.6 Å². The van der Waals surface area contributed by atoms with Crippen LogP contribution in [0.15, 0.2) is 12.2 Å². The molecule has 0 unspecified atom stereocenters. The van der Waals surface area contributed by atoms with Crippen LogP contribution in [0.4, 0.5) is 0 Å². The van der Waals surface area contributed by atoms with Gasteiger partial charge in [-0.1, -0.05) is 80.0 Å². The fourth-order valence-electron chi connectivity index (χ4n) is 3.40. The van der Waals surface area contributed by atoms with Crippen LogP contribution in [0.3, 0.4) is 0 Å². The van der Waals surface area contributed by atoms with E-state index in [2.05, 4.69) is 22.6 Å². The summed E-state index contributed by atoms with van der Waals surface area (Å²) in [5, 5.41) is 8.51. The van der Waals surface area contributed by atoms with Gasteiger partial charge >= 0.3 is 5.97 Å². The van der Waals surface area contributed by atoms with Crippen molar-refractivity contribution in [1.82, 2.24) is 0 Å². The summed E-state index contributed by atoms with van der Waals surface area (Å²) < 4.78 is 1.30. The first-order valence-electron chi connectivity index (χ1n) is 8.19. The molecule has 0 radical (unpaired) electrons. The molecule has 1 aliphatic carbocycles. The highest BCUT2D eigenvalue weighted by Gasteiger charge is 2.25. The first-order chi connectivity index (χ1) is 9.74. The van der Waals surface area contributed by atoms with Crippen LogP contribution in [0, 0.1) is 11.8 Å². The normalized spacial score (nSPS) is 22.6. The molecular weight excluding hydrogens is 363 g/mol. The van der Waals surface area contributed by atoms with Crippen LogP contribution in [-0.4, -0.2) is 15.5 Å². The zero-order valence-electron chi connectivity index (χ0n) is 12.5. The van der Waals surface area contributed by atoms with E-state index in [0.717, 1.165) is 24.7 Å². The summed E-state index contributed by atoms with van der Waals surface area (Å²) in [5.74, 6) is 1.11. The average Bonchev–Trinajstić information content (AvgIpc) is 2.86. The lowest BCUT2D eigenvalue weighted by Crippen LogP contribution is -2.08. The second-order valence-corrected chi connectivity index (χ2v) is 7.09. The van der Waals surface area contributed by atoms with Crippen molar-refractivity contribution in [2.45, 2.75) is 70.6 Å². The van der Waals surface area contributed by atoms with Gasteiger partial charge in [-0.3, -0.25) is 0 Å². The Morgan fingerprint density at radius 2 is 1.70 bits per heavy atom. The Kier molecular flexibility index (Phi) is 10.4. The molecule has 0 aromatic rings. The van der Waals surface area contributed by atoms with Gasteiger partial charge in [0.25, 0.3) is 0 Å². The molecule has 1 rings (SSSR count). The maximum atomic E-state index is 10.3. The van der Waals surface area contributed by atoms with Crippen molar-refractivity contribution in [3.8, 4) is 0 Å². The Bertz CT molecular complexity index is 289. The summed E-state index contributed by atoms with van der Waals surface area (Å²) in [5.41, 5.74) is 0. The summed E-state index contributed by atoms with van der Waals surface area (Å²) in [6.45, 7) is 0. The monoisotopic (exact) mass is 392 g/mol. The molecule has 0 bridgehead atoms. The Morgan fingerprint density at radius 3 is 2.30 bits per heavy atom. The predicted octanol–water partition coefficient (Wildman–Crippen LogP) is 5.60. The van der Waals surface area contributed by atoms with E-state index in [1.807, 2.05) is 0 Å². The molecule has 2 nitrogen and oxygen atoms in total. The molecule has 20 heavy (non-hydrogen) atoms. The standard InChI is InChI=1S/C17H29IO2/c18-14-7-3-5-10-16-12-8-11-15(16)9-4-1-2-6-13-17(19)20/h6,13,15-16H,1-5,7-12,14H2,(H,19,20)/t15-,16-/m0/s1. The molecule has 0 saturated heterocycles. The topological polar surface area (TPSA) is 37.3 Å². The summed E-state index contributed by atoms with van der Waals surface area (Å²) >= 11 is 2.47. The van der Waals surface area contributed by atoms with Crippen LogP contribution in [0.25, 0.3) is 0 Å². The highest BCUT2D eigenvalue weighted by Crippen LogP contribution is 2.38. The largest absolute Gasteiger partial charge is 0.478 e. The second-order valence-electron chi connectivity index (χ2n) is 6.01. The molecule has 0 heterocycles. The number of carbonyl (C=O) groups is 1. The van der Waals surface area contributed by atoms with Crippen LogP contribution < -0.4 is 0 Å². The molecule has 1 aliphatic rings. The summed E-state index contributed by atoms with van der Waals surface area (Å²) in [4.78, 5) is 10.3. The fourth-order valence-corrected chi connectivity index (χ4v) is 3.94. The lowest BCUT2D eigenvalue weighted by Gasteiger charge is -2.19. The molecule has 0 spiro atoms. The van der Waals surface area contributed by atoms with E-state index in [1.54, 1.807) is 6.08 Å². The number of allylic oxidation sites excluding steroid dienone is 1. The smallest absolute Gasteiger partial charge is 0.327 e. The van der Waals surface area contributed by atoms with Gasteiger partial charge in [0, 0.05) is 6.08 Å². The Hall–Kier alpha value is -0.0600. The van der Waals surface area contributed by atoms with Gasteiger partial charge in [-0.15, -0.1) is 0 Å². The van der Waals surface area contributed by atoms with Crippen LogP contribution in [0.2, 0.25) is 0 Å². The second kappa shape index (κ2) is 11.6. The highest BCUT2D eigenvalue weighted by molar-refractivity contribution is 14.1. The van der Waals surface area contributed by atoms with E-state index in [-0.39, 0.29) is 0 Å². The third-order valence-corrected chi connectivity index (χ3v) is 5.24. The molecule has 3 heteroatoms. The van der Waals surface area contributed by atoms with Crippen LogP contribution in [0.5, 0.6) is 0 Å². The lowest BCUT2D eigenvalue weighted by atomic mass is 9.87. The zero-order chi connectivity index (χ0) is 14.6. The maximum absolute atomic E-state index is 10.3. The van der Waals surface area contributed by atoms with E-state index < -0.39 is 5.97 Å². The summed E-state index contributed by atoms with van der Waals surface area (Å²) in [7, 11) is 0. The van der Waals surface area contributed by atoms with Gasteiger partial charge in [-0.2, -0.15) is 0 Å². The van der Waals surface area contributed by atoms with Gasteiger partial charge in [0.2, 0.25) is 0 Å². The van der Waals surface area contributed by atoms with E-state index in [0.29, 0.717) is 0 Å². The van der Waals surface area contributed by atoms with E-state index in [9.17, 15) is 4.79 Å². The minimum absolute atomic E-state index is 0.827. The van der Waals surface area contributed by atoms with Gasteiger partial charge in [-0.25, -0.2) is 4.79 Å². The van der Waals surface area contributed by atoms with Gasteiger partial charge in [0.15, 0.2) is 0 Å². The van der Waals surface area contributed by atoms with Gasteiger partial charge in [0.05, 0.1) is 0 Å². The van der Waals surface area contributed by atoms with Gasteiger partial charge in [0.1, 0.15) is 0 Å². The van der Waals surface area contributed by atoms with Crippen molar-refractivity contribution in [3.63, 3.8) is 0 Å². The number of carboxylic acids is 1. The molecule has 1 fully saturated rings. The first kappa shape index (κ1) is 18.0. The number of carboxylic acid groups (broad SMARTS) is 1. The van der Waals surface area contributed by atoms with Crippen LogP contribution in [-0.2, 0) is 4.79 Å². The van der Waals surface area contributed by atoms with E-state index >= 15 is 0 Å². The Labute approximate surface area is 137 Å². The number of aliphatic carboxylic acids is 1. The summed E-state index contributed by atoms with van der Waals surface area (Å²) in [6.07, 6.45) is 17.7. The minimum atomic E-state index is -0.827. The van der Waals surface area contributed by atoms with Crippen LogP contribution >= 0.6 is 22.6 Å². The quantitative estimate of drug-likeness (QED) is 0.215. The Morgan fingerprint density at radius 1 is 1.05 bits per heavy atom. The molecule has 1 N–H and O–H groups in total. The van der Waals surface area contributed by atoms with Gasteiger partial charge < -0.3 is 5.11 Å². The molecule has 0 aliphatic heterocycles. The first-order valence-corrected chi connectivity index (χ1v) is 9.72. The molecule has 0 aromatic heterocycles. The van der Waals surface area contributed by atoms with Crippen molar-refractivity contribution in [3.05, 3.63) is 12.2 Å². The maximum Gasteiger partial charge on any atom is 0.327 e. The third-order valence-electron chi connectivity index (χ3n) is 4.48. The van der Waals surface area contributed by atoms with E-state index in [4.69, 9.17) is 5.11 Å². The fraction of sp³-hybridized carbons (Fsp3) is 0.824. The van der Waals surface area contributed by atoms with Crippen molar-refractivity contribution < 1.29 is 9.90 Å². The minimum Gasteiger partial charge on any atom is -0.478 e. The lowest BCUT2D eigenvalue weighted by molar-refractivity contribution is -0.131. The van der Waals surface area contributed by atoms with E-state index in [1.165, 1.54) is 68.3 Å². The number of hydrogen-bond acceptors (Lipinski definition) is 1. The molecule has 116 valence electrons. The molecule has 2 atom stereocenters. The highest BCUT2D eigenvalue weighted by atomic mass is 127. The molecule has 1 saturated carbocycles. The van der Waals surface area contributed by atoms with Crippen LogP contribution in [0.1, 0.15) is 70.6 Å². The van der Waals surface area contributed by atoms with Crippen molar-refractivity contribution in [1.29, 1.82) is 0 Å². The number of alkyl halides is 1. The third kappa shape index (κ3) is 8.28. The predicted molar refractivity (Wildman–Crippen MR) is 93.4 cm³/mol. The van der Waals surface area contributed by atoms with Gasteiger partial charge in [-0.05, 0) is 35.5 Å². The van der Waals surface area contributed by atoms with Crippen molar-refractivity contribution in [2.75, 3.05) is 4.43 Å². The molecular formula is C17H29IO2. The zero-order valence-corrected chi connectivity index (χ0v) is 14.7. The number of halogens is 1.